The van der Waals surface area contributed by atoms with E-state index in [1.54, 1.807) is 5.94 Å². The minimum absolute atomic E-state index is 0.123. The molecule has 0 saturated carbocycles. The topological polar surface area (TPSA) is 121 Å². The highest BCUT2D eigenvalue weighted by molar-refractivity contribution is 6.00. The van der Waals surface area contributed by atoms with Gasteiger partial charge in [0, 0.05) is 12.1 Å². The molecule has 1 heterocycles. The van der Waals surface area contributed by atoms with Gasteiger partial charge in [-0.15, -0.1) is 5.06 Å². The maximum atomic E-state index is 11.9. The summed E-state index contributed by atoms with van der Waals surface area (Å²) in [5, 5.41) is 11.5. The van der Waals surface area contributed by atoms with Crippen LogP contribution in [0.5, 0.6) is 5.75 Å². The highest BCUT2D eigenvalue weighted by Gasteiger charge is 2.34. The van der Waals surface area contributed by atoms with Gasteiger partial charge in [-0.25, -0.2) is 9.59 Å². The Bertz CT molecular complexity index is 820. The monoisotopic (exact) mass is 347 g/mol. The summed E-state index contributed by atoms with van der Waals surface area (Å²) in [5.74, 6) is 0.950. The van der Waals surface area contributed by atoms with Crippen molar-refractivity contribution in [2.24, 2.45) is 4.99 Å². The Morgan fingerprint density at radius 1 is 1.28 bits per heavy atom. The average Bonchev–Trinajstić information content (AvgIpc) is 2.62. The molecule has 130 valence electrons. The number of non-ortho nitro benzene ring substituents is 1. The number of nitro benzene ring substituents is 1. The van der Waals surface area contributed by atoms with Crippen molar-refractivity contribution >= 4 is 23.6 Å². The standard InChI is InChI=1S/C15H13N3O7/c1-9-13(14(20)23-2)12(8-19)17(15(16-9)24-3)25-11-6-4-10(5-7-11)18(21)22/h4-7H,1-3H3. The van der Waals surface area contributed by atoms with E-state index in [4.69, 9.17) is 9.57 Å². The molecule has 25 heavy (non-hydrogen) atoms. The maximum absolute atomic E-state index is 11.9. The van der Waals surface area contributed by atoms with Crippen LogP contribution in [0.3, 0.4) is 0 Å². The lowest BCUT2D eigenvalue weighted by atomic mass is 10.1. The molecule has 10 nitrogen and oxygen atoms in total. The lowest BCUT2D eigenvalue weighted by molar-refractivity contribution is -0.384. The van der Waals surface area contributed by atoms with E-state index in [2.05, 4.69) is 9.73 Å². The van der Waals surface area contributed by atoms with Gasteiger partial charge in [-0.3, -0.25) is 10.1 Å². The largest absolute Gasteiger partial charge is 0.466 e. The SMILES string of the molecule is COC(=O)C1=C(C)N=C(OC)N(Oc2ccc([N+](=O)[O-])cc2)C1=C=O. The molecule has 10 heteroatoms. The van der Waals surface area contributed by atoms with E-state index in [0.29, 0.717) is 0 Å². The minimum Gasteiger partial charge on any atom is -0.466 e. The summed E-state index contributed by atoms with van der Waals surface area (Å²) in [4.78, 5) is 43.0. The van der Waals surface area contributed by atoms with Gasteiger partial charge in [0.05, 0.1) is 24.8 Å². The minimum atomic E-state index is -0.799. The Labute approximate surface area is 141 Å². The number of ether oxygens (including phenoxy) is 2. The van der Waals surface area contributed by atoms with E-state index < -0.39 is 10.9 Å². The molecular weight excluding hydrogens is 334 g/mol. The van der Waals surface area contributed by atoms with Crippen molar-refractivity contribution in [2.45, 2.75) is 6.92 Å². The Kier molecular flexibility index (Phi) is 5.15. The van der Waals surface area contributed by atoms with Gasteiger partial charge in [-0.2, -0.15) is 4.99 Å². The smallest absolute Gasteiger partial charge is 0.342 e. The number of nitro groups is 1. The van der Waals surface area contributed by atoms with Crippen LogP contribution in [0.4, 0.5) is 5.69 Å². The highest BCUT2D eigenvalue weighted by Crippen LogP contribution is 2.27. The molecule has 0 bridgehead atoms. The second-order valence-electron chi connectivity index (χ2n) is 4.64. The first-order valence-corrected chi connectivity index (χ1v) is 6.82. The fourth-order valence-electron chi connectivity index (χ4n) is 2.00. The Morgan fingerprint density at radius 2 is 1.92 bits per heavy atom. The normalized spacial score (nSPS) is 13.8. The van der Waals surface area contributed by atoms with Gasteiger partial charge in [0.15, 0.2) is 17.4 Å². The van der Waals surface area contributed by atoms with E-state index in [0.717, 1.165) is 12.2 Å². The zero-order valence-corrected chi connectivity index (χ0v) is 13.5. The molecule has 0 fully saturated rings. The van der Waals surface area contributed by atoms with Crippen LogP contribution in [0.1, 0.15) is 6.92 Å². The first-order valence-electron chi connectivity index (χ1n) is 6.82. The molecule has 2 rings (SSSR count). The Hall–Kier alpha value is -3.65. The van der Waals surface area contributed by atoms with Crippen LogP contribution in [-0.4, -0.2) is 42.1 Å². The van der Waals surface area contributed by atoms with Gasteiger partial charge in [0.1, 0.15) is 5.57 Å². The Morgan fingerprint density at radius 3 is 2.40 bits per heavy atom. The van der Waals surface area contributed by atoms with Crippen LogP contribution < -0.4 is 4.84 Å². The Balaban J connectivity index is 2.41. The van der Waals surface area contributed by atoms with E-state index in [1.165, 1.54) is 38.3 Å². The maximum Gasteiger partial charge on any atom is 0.342 e. The van der Waals surface area contributed by atoms with Gasteiger partial charge in [-0.1, -0.05) is 0 Å². The number of hydroxylamine groups is 2. The lowest BCUT2D eigenvalue weighted by Gasteiger charge is -2.27. The second kappa shape index (κ2) is 7.28. The molecule has 0 amide bonds. The zero-order chi connectivity index (χ0) is 18.6. The van der Waals surface area contributed by atoms with Crippen molar-refractivity contribution < 1.29 is 28.8 Å². The number of hydrogen-bond donors (Lipinski definition) is 0. The number of benzene rings is 1. The molecule has 0 aliphatic carbocycles. The van der Waals surface area contributed by atoms with Crippen molar-refractivity contribution in [3.8, 4) is 5.75 Å². The molecule has 0 aromatic heterocycles. The molecule has 0 saturated heterocycles. The number of esters is 1. The summed E-state index contributed by atoms with van der Waals surface area (Å²) in [6.07, 6.45) is 0. The van der Waals surface area contributed by atoms with Gasteiger partial charge >= 0.3 is 12.0 Å². The van der Waals surface area contributed by atoms with E-state index in [9.17, 15) is 19.7 Å². The van der Waals surface area contributed by atoms with Crippen LogP contribution in [0.15, 0.2) is 46.2 Å². The van der Waals surface area contributed by atoms with E-state index in [1.807, 2.05) is 0 Å². The van der Waals surface area contributed by atoms with Crippen LogP contribution in [-0.2, 0) is 19.1 Å². The van der Waals surface area contributed by atoms with Crippen LogP contribution in [0, 0.1) is 10.1 Å². The fraction of sp³-hybridized carbons (Fsp3) is 0.200. The summed E-state index contributed by atoms with van der Waals surface area (Å²) in [6, 6.07) is 4.94. The van der Waals surface area contributed by atoms with Gasteiger partial charge in [-0.05, 0) is 19.1 Å². The first-order chi connectivity index (χ1) is 11.9. The molecular formula is C15H13N3O7. The van der Waals surface area contributed by atoms with Crippen LogP contribution in [0.2, 0.25) is 0 Å². The number of aliphatic imine (C=N–C) groups is 1. The quantitative estimate of drug-likeness (QED) is 0.346. The number of carbonyl (C=O) groups excluding carboxylic acids is 2. The summed E-state index contributed by atoms with van der Waals surface area (Å²) in [6.45, 7) is 1.49. The second-order valence-corrected chi connectivity index (χ2v) is 4.64. The molecule has 1 aliphatic heterocycles. The third-order valence-corrected chi connectivity index (χ3v) is 3.15. The van der Waals surface area contributed by atoms with Crippen molar-refractivity contribution in [3.63, 3.8) is 0 Å². The molecule has 0 spiro atoms. The predicted molar refractivity (Wildman–Crippen MR) is 83.9 cm³/mol. The molecule has 1 aromatic rings. The molecule has 0 atom stereocenters. The van der Waals surface area contributed by atoms with Crippen molar-refractivity contribution in [1.29, 1.82) is 0 Å². The number of methoxy groups -OCH3 is 2. The van der Waals surface area contributed by atoms with Crippen molar-refractivity contribution in [2.75, 3.05) is 14.2 Å². The summed E-state index contributed by atoms with van der Waals surface area (Å²) in [7, 11) is 2.45. The van der Waals surface area contributed by atoms with Gasteiger partial charge in [0.2, 0.25) is 0 Å². The summed E-state index contributed by atoms with van der Waals surface area (Å²) in [5.41, 5.74) is -0.385. The van der Waals surface area contributed by atoms with E-state index in [-0.39, 0.29) is 34.4 Å². The fourth-order valence-corrected chi connectivity index (χ4v) is 2.00. The average molecular weight is 347 g/mol. The summed E-state index contributed by atoms with van der Waals surface area (Å²) >= 11 is 0. The predicted octanol–water partition coefficient (Wildman–Crippen LogP) is 1.37. The van der Waals surface area contributed by atoms with Crippen LogP contribution in [0.25, 0.3) is 0 Å². The molecule has 1 aliphatic rings. The summed E-state index contributed by atoms with van der Waals surface area (Å²) < 4.78 is 9.70. The van der Waals surface area contributed by atoms with Crippen molar-refractivity contribution in [3.05, 3.63) is 51.3 Å². The van der Waals surface area contributed by atoms with Gasteiger partial charge < -0.3 is 14.3 Å². The number of hydrogen-bond acceptors (Lipinski definition) is 9. The molecule has 1 aromatic carbocycles. The lowest BCUT2D eigenvalue weighted by Crippen LogP contribution is -2.39. The number of rotatable bonds is 4. The van der Waals surface area contributed by atoms with E-state index >= 15 is 0 Å². The van der Waals surface area contributed by atoms with Crippen molar-refractivity contribution in [1.82, 2.24) is 5.06 Å². The third kappa shape index (κ3) is 3.48. The number of nitrogens with zero attached hydrogens (tertiary/aromatic N) is 3. The number of carbonyl (C=O) groups is 1. The molecule has 0 radical (unpaired) electrons. The van der Waals surface area contributed by atoms with Gasteiger partial charge in [0.25, 0.3) is 5.69 Å². The first kappa shape index (κ1) is 17.7. The number of allylic oxidation sites excluding steroid dienone is 1. The molecule has 0 unspecified atom stereocenters. The zero-order valence-electron chi connectivity index (χ0n) is 13.5. The number of amidine groups is 1. The highest BCUT2D eigenvalue weighted by atomic mass is 16.7. The molecule has 0 N–H and O–H groups in total. The van der Waals surface area contributed by atoms with Crippen LogP contribution >= 0.6 is 0 Å². The third-order valence-electron chi connectivity index (χ3n) is 3.15.